The van der Waals surface area contributed by atoms with E-state index in [9.17, 15) is 4.79 Å². The van der Waals surface area contributed by atoms with Gasteiger partial charge in [0.2, 0.25) is 5.91 Å². The predicted molar refractivity (Wildman–Crippen MR) is 94.8 cm³/mol. The lowest BCUT2D eigenvalue weighted by Gasteiger charge is -2.42. The Labute approximate surface area is 140 Å². The summed E-state index contributed by atoms with van der Waals surface area (Å²) in [5.74, 6) is 0.815. The van der Waals surface area contributed by atoms with Crippen molar-refractivity contribution in [1.29, 1.82) is 0 Å². The average Bonchev–Trinajstić information content (AvgIpc) is 2.50. The third kappa shape index (κ3) is 4.79. The van der Waals surface area contributed by atoms with E-state index < -0.39 is 0 Å². The molecule has 1 amide bonds. The summed E-state index contributed by atoms with van der Waals surface area (Å²) in [7, 11) is 0. The second kappa shape index (κ2) is 7.93. The van der Waals surface area contributed by atoms with Gasteiger partial charge in [-0.2, -0.15) is 0 Å². The third-order valence-electron chi connectivity index (χ3n) is 5.08. The maximum Gasteiger partial charge on any atom is 0.224 e. The summed E-state index contributed by atoms with van der Waals surface area (Å²) in [5.41, 5.74) is 7.20. The first-order chi connectivity index (χ1) is 10.9. The predicted octanol–water partition coefficient (Wildman–Crippen LogP) is 2.24. The Hall–Kier alpha value is -1.39. The number of rotatable bonds is 5. The summed E-state index contributed by atoms with van der Waals surface area (Å²) in [6, 6.07) is 10.7. The quantitative estimate of drug-likeness (QED) is 0.875. The molecule has 0 spiro atoms. The third-order valence-corrected chi connectivity index (χ3v) is 5.08. The summed E-state index contributed by atoms with van der Waals surface area (Å²) < 4.78 is 0. The molecule has 1 aromatic carbocycles. The molecule has 2 rings (SSSR count). The Morgan fingerprint density at radius 1 is 1.22 bits per heavy atom. The minimum atomic E-state index is -0.142. The molecule has 3 N–H and O–H groups in total. The summed E-state index contributed by atoms with van der Waals surface area (Å²) >= 11 is 0. The van der Waals surface area contributed by atoms with Crippen molar-refractivity contribution < 1.29 is 4.79 Å². The van der Waals surface area contributed by atoms with E-state index in [0.717, 1.165) is 19.6 Å². The number of nitrogens with zero attached hydrogens (tertiary/aromatic N) is 1. The molecule has 0 saturated carbocycles. The molecule has 1 heterocycles. The van der Waals surface area contributed by atoms with Crippen LogP contribution in [0.3, 0.4) is 0 Å². The van der Waals surface area contributed by atoms with Crippen LogP contribution >= 0.6 is 0 Å². The van der Waals surface area contributed by atoms with E-state index in [0.29, 0.717) is 11.8 Å². The van der Waals surface area contributed by atoms with Gasteiger partial charge in [0.25, 0.3) is 0 Å². The number of hydrogen-bond donors (Lipinski definition) is 2. The van der Waals surface area contributed by atoms with Gasteiger partial charge in [-0.1, -0.05) is 51.1 Å². The first-order valence-electron chi connectivity index (χ1n) is 8.70. The fourth-order valence-electron chi connectivity index (χ4n) is 3.47. The van der Waals surface area contributed by atoms with Crippen molar-refractivity contribution in [3.63, 3.8) is 0 Å². The number of nitrogens with one attached hydrogen (secondary N) is 1. The topological polar surface area (TPSA) is 58.4 Å². The van der Waals surface area contributed by atoms with Crippen molar-refractivity contribution in [2.45, 2.75) is 46.3 Å². The van der Waals surface area contributed by atoms with Crippen molar-refractivity contribution >= 4 is 5.91 Å². The molecule has 4 heteroatoms. The van der Waals surface area contributed by atoms with Gasteiger partial charge in [-0.05, 0) is 24.3 Å². The Balaban J connectivity index is 1.93. The standard InChI is InChI=1S/C19H31N3O/c1-13-10-22(12-17-8-6-5-7-9-17)11-14(2)18(13)21-19(23)15(3)16(4)20/h5-9,13-16,18H,10-12,20H2,1-4H3,(H,21,23). The van der Waals surface area contributed by atoms with Gasteiger partial charge in [-0.3, -0.25) is 9.69 Å². The number of benzene rings is 1. The van der Waals surface area contributed by atoms with Crippen molar-refractivity contribution in [3.8, 4) is 0 Å². The number of carbonyl (C=O) groups excluding carboxylic acids is 1. The van der Waals surface area contributed by atoms with Crippen LogP contribution in [0.25, 0.3) is 0 Å². The molecule has 1 aliphatic heterocycles. The lowest BCUT2D eigenvalue weighted by Crippen LogP contribution is -2.56. The fourth-order valence-corrected chi connectivity index (χ4v) is 3.47. The first-order valence-corrected chi connectivity index (χ1v) is 8.70. The number of hydrogen-bond acceptors (Lipinski definition) is 3. The van der Waals surface area contributed by atoms with E-state index in [4.69, 9.17) is 5.73 Å². The van der Waals surface area contributed by atoms with Crippen LogP contribution in [0, 0.1) is 17.8 Å². The van der Waals surface area contributed by atoms with Crippen molar-refractivity contribution in [2.75, 3.05) is 13.1 Å². The number of piperidine rings is 1. The molecule has 23 heavy (non-hydrogen) atoms. The molecule has 1 saturated heterocycles. The van der Waals surface area contributed by atoms with E-state index in [2.05, 4.69) is 54.4 Å². The second-order valence-electron chi connectivity index (χ2n) is 7.32. The molecule has 4 unspecified atom stereocenters. The van der Waals surface area contributed by atoms with E-state index >= 15 is 0 Å². The monoisotopic (exact) mass is 317 g/mol. The van der Waals surface area contributed by atoms with Crippen molar-refractivity contribution in [1.82, 2.24) is 10.2 Å². The molecule has 4 nitrogen and oxygen atoms in total. The zero-order valence-electron chi connectivity index (χ0n) is 14.8. The SMILES string of the molecule is CC(N)C(C)C(=O)NC1C(C)CN(Cc2ccccc2)CC1C. The zero-order valence-corrected chi connectivity index (χ0v) is 14.8. The molecular formula is C19H31N3O. The summed E-state index contributed by atoms with van der Waals surface area (Å²) in [6.45, 7) is 11.3. The number of nitrogens with two attached hydrogens (primary N) is 1. The molecule has 1 fully saturated rings. The van der Waals surface area contributed by atoms with Gasteiger partial charge in [0.1, 0.15) is 0 Å². The average molecular weight is 317 g/mol. The molecule has 0 aromatic heterocycles. The van der Waals surface area contributed by atoms with Crippen LogP contribution in [-0.2, 0) is 11.3 Å². The zero-order chi connectivity index (χ0) is 17.0. The van der Waals surface area contributed by atoms with Gasteiger partial charge < -0.3 is 11.1 Å². The highest BCUT2D eigenvalue weighted by atomic mass is 16.2. The van der Waals surface area contributed by atoms with Gasteiger partial charge >= 0.3 is 0 Å². The second-order valence-corrected chi connectivity index (χ2v) is 7.32. The van der Waals surface area contributed by atoms with Gasteiger partial charge in [0, 0.05) is 37.6 Å². The van der Waals surface area contributed by atoms with Crippen LogP contribution in [0.4, 0.5) is 0 Å². The normalized spacial score (nSPS) is 28.1. The maximum absolute atomic E-state index is 12.3. The van der Waals surface area contributed by atoms with Gasteiger partial charge in [0.15, 0.2) is 0 Å². The largest absolute Gasteiger partial charge is 0.352 e. The summed E-state index contributed by atoms with van der Waals surface area (Å²) in [5, 5.41) is 3.24. The Bertz CT molecular complexity index is 491. The van der Waals surface area contributed by atoms with Crippen LogP contribution in [0.2, 0.25) is 0 Å². The van der Waals surface area contributed by atoms with Crippen molar-refractivity contribution in [2.24, 2.45) is 23.5 Å². The van der Waals surface area contributed by atoms with Crippen molar-refractivity contribution in [3.05, 3.63) is 35.9 Å². The highest BCUT2D eigenvalue weighted by Gasteiger charge is 2.33. The minimum absolute atomic E-state index is 0.0835. The highest BCUT2D eigenvalue weighted by molar-refractivity contribution is 5.79. The molecule has 0 aliphatic carbocycles. The Morgan fingerprint density at radius 2 is 1.78 bits per heavy atom. The first kappa shape index (κ1) is 18.0. The lowest BCUT2D eigenvalue weighted by molar-refractivity contribution is -0.127. The summed E-state index contributed by atoms with van der Waals surface area (Å²) in [6.07, 6.45) is 0. The molecular weight excluding hydrogens is 286 g/mol. The van der Waals surface area contributed by atoms with Crippen LogP contribution in [0.15, 0.2) is 30.3 Å². The van der Waals surface area contributed by atoms with Crippen LogP contribution in [0.5, 0.6) is 0 Å². The maximum atomic E-state index is 12.3. The smallest absolute Gasteiger partial charge is 0.224 e. The van der Waals surface area contributed by atoms with Gasteiger partial charge in [-0.15, -0.1) is 0 Å². The number of amides is 1. The lowest BCUT2D eigenvalue weighted by atomic mass is 9.85. The highest BCUT2D eigenvalue weighted by Crippen LogP contribution is 2.24. The Kier molecular flexibility index (Phi) is 6.19. The van der Waals surface area contributed by atoms with Crippen LogP contribution < -0.4 is 11.1 Å². The summed E-state index contributed by atoms with van der Waals surface area (Å²) in [4.78, 5) is 14.8. The molecule has 128 valence electrons. The minimum Gasteiger partial charge on any atom is -0.352 e. The molecule has 1 aromatic rings. The molecule has 0 bridgehead atoms. The molecule has 0 radical (unpaired) electrons. The van der Waals surface area contributed by atoms with E-state index in [1.54, 1.807) is 0 Å². The molecule has 1 aliphatic rings. The molecule has 4 atom stereocenters. The Morgan fingerprint density at radius 3 is 2.30 bits per heavy atom. The number of carbonyl (C=O) groups is 1. The van der Waals surface area contributed by atoms with Crippen LogP contribution in [0.1, 0.15) is 33.3 Å². The van der Waals surface area contributed by atoms with E-state index in [1.165, 1.54) is 5.56 Å². The van der Waals surface area contributed by atoms with Gasteiger partial charge in [-0.25, -0.2) is 0 Å². The number of likely N-dealkylation sites (tertiary alicyclic amines) is 1. The van der Waals surface area contributed by atoms with Gasteiger partial charge in [0.05, 0.1) is 0 Å². The van der Waals surface area contributed by atoms with E-state index in [-0.39, 0.29) is 23.9 Å². The van der Waals surface area contributed by atoms with Crippen LogP contribution in [-0.4, -0.2) is 36.0 Å². The fraction of sp³-hybridized carbons (Fsp3) is 0.632. The van der Waals surface area contributed by atoms with E-state index in [1.807, 2.05) is 13.8 Å².